The first-order valence-corrected chi connectivity index (χ1v) is 6.28. The Labute approximate surface area is 118 Å². The van der Waals surface area contributed by atoms with Crippen molar-refractivity contribution in [1.82, 2.24) is 4.90 Å². The quantitative estimate of drug-likeness (QED) is 0.784. The third kappa shape index (κ3) is 4.43. The number of benzene rings is 1. The molecule has 5 heteroatoms. The predicted octanol–water partition coefficient (Wildman–Crippen LogP) is 2.13. The number of rotatable bonds is 6. The largest absolute Gasteiger partial charge is 0.478 e. The molecule has 0 fully saturated rings. The topological polar surface area (TPSA) is 60.8 Å². The highest BCUT2D eigenvalue weighted by Crippen LogP contribution is 2.18. The number of carboxylic acid groups (broad SMARTS) is 1. The van der Waals surface area contributed by atoms with E-state index in [0.29, 0.717) is 6.54 Å². The summed E-state index contributed by atoms with van der Waals surface area (Å²) in [5, 5.41) is 17.9. The molecule has 4 nitrogen and oxygen atoms in total. The second-order valence-corrected chi connectivity index (χ2v) is 5.35. The summed E-state index contributed by atoms with van der Waals surface area (Å²) < 4.78 is 13.6. The number of hydrogen-bond acceptors (Lipinski definition) is 3. The zero-order chi connectivity index (χ0) is 15.3. The lowest BCUT2D eigenvalue weighted by Crippen LogP contribution is -2.43. The molecule has 0 heterocycles. The van der Waals surface area contributed by atoms with Gasteiger partial charge in [0.15, 0.2) is 0 Å². The monoisotopic (exact) mass is 281 g/mol. The number of halogens is 1. The lowest BCUT2D eigenvalue weighted by Gasteiger charge is -2.34. The highest BCUT2D eigenvalue weighted by Gasteiger charge is 2.22. The van der Waals surface area contributed by atoms with Gasteiger partial charge in [-0.15, -0.1) is 0 Å². The van der Waals surface area contributed by atoms with E-state index in [1.807, 2.05) is 25.8 Å². The van der Waals surface area contributed by atoms with Crippen LogP contribution in [0, 0.1) is 5.82 Å². The fourth-order valence-electron chi connectivity index (χ4n) is 1.59. The normalized spacial score (nSPS) is 12.3. The zero-order valence-corrected chi connectivity index (χ0v) is 11.9. The summed E-state index contributed by atoms with van der Waals surface area (Å²) in [6.07, 6.45) is 2.14. The summed E-state index contributed by atoms with van der Waals surface area (Å²) in [4.78, 5) is 12.4. The fraction of sp³-hybridized carbons (Fsp3) is 0.400. The molecule has 0 aliphatic heterocycles. The van der Waals surface area contributed by atoms with Crippen LogP contribution in [0.3, 0.4) is 0 Å². The molecule has 0 saturated carbocycles. The van der Waals surface area contributed by atoms with E-state index in [1.54, 1.807) is 12.1 Å². The second kappa shape index (κ2) is 6.63. The average molecular weight is 281 g/mol. The van der Waals surface area contributed by atoms with E-state index in [2.05, 4.69) is 0 Å². The Kier molecular flexibility index (Phi) is 5.42. The minimum atomic E-state index is -1.12. The van der Waals surface area contributed by atoms with Crippen molar-refractivity contribution in [3.8, 4) is 0 Å². The van der Waals surface area contributed by atoms with Crippen molar-refractivity contribution in [1.29, 1.82) is 0 Å². The molecule has 0 aliphatic carbocycles. The maximum Gasteiger partial charge on any atom is 0.328 e. The number of aliphatic carboxylic acids is 1. The molecule has 0 atom stereocenters. The Morgan fingerprint density at radius 2 is 2.10 bits per heavy atom. The van der Waals surface area contributed by atoms with Crippen LogP contribution in [0.2, 0.25) is 0 Å². The molecule has 0 spiro atoms. The van der Waals surface area contributed by atoms with Crippen molar-refractivity contribution in [3.63, 3.8) is 0 Å². The number of carbonyl (C=O) groups is 1. The van der Waals surface area contributed by atoms with Crippen molar-refractivity contribution in [3.05, 3.63) is 41.2 Å². The molecule has 2 N–H and O–H groups in total. The summed E-state index contributed by atoms with van der Waals surface area (Å²) in [6, 6.07) is 4.58. The molecule has 1 aromatic rings. The van der Waals surface area contributed by atoms with Crippen LogP contribution >= 0.6 is 0 Å². The molecule has 0 radical (unpaired) electrons. The van der Waals surface area contributed by atoms with E-state index in [0.717, 1.165) is 11.6 Å². The van der Waals surface area contributed by atoms with Gasteiger partial charge < -0.3 is 10.2 Å². The van der Waals surface area contributed by atoms with Crippen LogP contribution in [0.25, 0.3) is 6.08 Å². The number of hydrogen-bond donors (Lipinski definition) is 2. The Morgan fingerprint density at radius 1 is 1.45 bits per heavy atom. The average Bonchev–Trinajstić information content (AvgIpc) is 2.39. The van der Waals surface area contributed by atoms with Gasteiger partial charge in [-0.25, -0.2) is 9.18 Å². The van der Waals surface area contributed by atoms with Crippen molar-refractivity contribution >= 4 is 12.0 Å². The second-order valence-electron chi connectivity index (χ2n) is 5.35. The Bertz CT molecular complexity index is 512. The smallest absolute Gasteiger partial charge is 0.328 e. The number of carboxylic acids is 1. The van der Waals surface area contributed by atoms with Crippen LogP contribution in [0.15, 0.2) is 24.3 Å². The van der Waals surface area contributed by atoms with E-state index in [-0.39, 0.29) is 17.7 Å². The van der Waals surface area contributed by atoms with Crippen LogP contribution in [0.4, 0.5) is 4.39 Å². The minimum absolute atomic E-state index is 0.0104. The van der Waals surface area contributed by atoms with Gasteiger partial charge >= 0.3 is 5.97 Å². The summed E-state index contributed by atoms with van der Waals surface area (Å²) in [6.45, 7) is 4.35. The van der Waals surface area contributed by atoms with Gasteiger partial charge in [0.1, 0.15) is 5.82 Å². The first-order valence-electron chi connectivity index (χ1n) is 6.28. The summed E-state index contributed by atoms with van der Waals surface area (Å²) >= 11 is 0. The molecule has 0 aromatic heterocycles. The van der Waals surface area contributed by atoms with Gasteiger partial charge in [-0.2, -0.15) is 0 Å². The van der Waals surface area contributed by atoms with Crippen LogP contribution in [0.5, 0.6) is 0 Å². The molecule has 0 saturated heterocycles. The van der Waals surface area contributed by atoms with Crippen LogP contribution in [0.1, 0.15) is 25.0 Å². The van der Waals surface area contributed by atoms with Gasteiger partial charge in [0.05, 0.1) is 6.61 Å². The van der Waals surface area contributed by atoms with E-state index in [4.69, 9.17) is 5.11 Å². The molecule has 20 heavy (non-hydrogen) atoms. The number of aliphatic hydroxyl groups excluding tert-OH is 1. The van der Waals surface area contributed by atoms with Crippen LogP contribution in [-0.4, -0.2) is 40.3 Å². The number of likely N-dealkylation sites (N-methyl/N-ethyl adjacent to an activating group) is 1. The molecule has 0 amide bonds. The maximum absolute atomic E-state index is 13.6. The van der Waals surface area contributed by atoms with Crippen LogP contribution in [-0.2, 0) is 11.3 Å². The third-order valence-corrected chi connectivity index (χ3v) is 3.31. The fourth-order valence-corrected chi connectivity index (χ4v) is 1.59. The Balaban J connectivity index is 2.93. The number of aliphatic hydroxyl groups is 1. The molecule has 0 bridgehead atoms. The minimum Gasteiger partial charge on any atom is -0.478 e. The molecule has 110 valence electrons. The van der Waals surface area contributed by atoms with E-state index < -0.39 is 11.8 Å². The number of nitrogens with zero attached hydrogens (tertiary/aromatic N) is 1. The summed E-state index contributed by atoms with van der Waals surface area (Å²) in [5.41, 5.74) is 0.700. The van der Waals surface area contributed by atoms with Gasteiger partial charge in [0.2, 0.25) is 0 Å². The summed E-state index contributed by atoms with van der Waals surface area (Å²) in [5.74, 6) is -1.58. The molecule has 1 rings (SSSR count). The zero-order valence-electron chi connectivity index (χ0n) is 11.9. The Hall–Kier alpha value is -1.72. The highest BCUT2D eigenvalue weighted by atomic mass is 19.1. The molecular weight excluding hydrogens is 261 g/mol. The van der Waals surface area contributed by atoms with Gasteiger partial charge in [0.25, 0.3) is 0 Å². The lowest BCUT2D eigenvalue weighted by molar-refractivity contribution is -0.131. The standard InChI is InChI=1S/C15H20FNO3/c1-15(2,10-18)17(3)9-11-4-6-13(16)12(8-11)5-7-14(19)20/h4-8,18H,9-10H2,1-3H3,(H,19,20)/b7-5+. The van der Waals surface area contributed by atoms with E-state index in [1.165, 1.54) is 12.1 Å². The van der Waals surface area contributed by atoms with Crippen molar-refractivity contribution < 1.29 is 19.4 Å². The lowest BCUT2D eigenvalue weighted by atomic mass is 10.0. The maximum atomic E-state index is 13.6. The first kappa shape index (κ1) is 16.3. The van der Waals surface area contributed by atoms with Crippen molar-refractivity contribution in [2.45, 2.75) is 25.9 Å². The summed E-state index contributed by atoms with van der Waals surface area (Å²) in [7, 11) is 1.87. The predicted molar refractivity (Wildman–Crippen MR) is 75.7 cm³/mol. The third-order valence-electron chi connectivity index (χ3n) is 3.31. The first-order chi connectivity index (χ1) is 9.26. The van der Waals surface area contributed by atoms with Crippen molar-refractivity contribution in [2.75, 3.05) is 13.7 Å². The van der Waals surface area contributed by atoms with Gasteiger partial charge in [-0.3, -0.25) is 4.90 Å². The van der Waals surface area contributed by atoms with E-state index in [9.17, 15) is 14.3 Å². The molecule has 1 aromatic carbocycles. The molecule has 0 unspecified atom stereocenters. The Morgan fingerprint density at radius 3 is 2.65 bits per heavy atom. The van der Waals surface area contributed by atoms with Gasteiger partial charge in [-0.1, -0.05) is 6.07 Å². The SMILES string of the molecule is CN(Cc1ccc(F)c(/C=C/C(=O)O)c1)C(C)(C)CO. The highest BCUT2D eigenvalue weighted by molar-refractivity contribution is 5.85. The van der Waals surface area contributed by atoms with Crippen LogP contribution < -0.4 is 0 Å². The molecule has 0 aliphatic rings. The van der Waals surface area contributed by atoms with Gasteiger partial charge in [0, 0.05) is 23.7 Å². The van der Waals surface area contributed by atoms with E-state index >= 15 is 0 Å². The van der Waals surface area contributed by atoms with Crippen molar-refractivity contribution in [2.24, 2.45) is 0 Å². The van der Waals surface area contributed by atoms with Gasteiger partial charge in [-0.05, 0) is 44.7 Å². The molecular formula is C15H20FNO3.